The maximum atomic E-state index is 12.4. The first kappa shape index (κ1) is 15.3. The number of hydrogen-bond donors (Lipinski definition) is 1. The van der Waals surface area contributed by atoms with E-state index in [9.17, 15) is 14.7 Å². The maximum absolute atomic E-state index is 12.4. The molecule has 2 rings (SSSR count). The Hall–Kier alpha value is -1.10. The summed E-state index contributed by atoms with van der Waals surface area (Å²) in [7, 11) is 1.81. The van der Waals surface area contributed by atoms with Gasteiger partial charge in [-0.05, 0) is 24.7 Å². The Balaban J connectivity index is 1.82. The second-order valence-electron chi connectivity index (χ2n) is 6.80. The molecule has 0 bridgehead atoms. The zero-order chi connectivity index (χ0) is 14.9. The largest absolute Gasteiger partial charge is 0.393 e. The first-order valence-corrected chi connectivity index (χ1v) is 7.57. The number of nitrogens with zero attached hydrogens (tertiary/aromatic N) is 2. The molecular weight excluding hydrogens is 256 g/mol. The summed E-state index contributed by atoms with van der Waals surface area (Å²) in [6, 6.07) is 0. The third-order valence-electron chi connectivity index (χ3n) is 4.27. The summed E-state index contributed by atoms with van der Waals surface area (Å²) in [6.45, 7) is 6.16. The molecule has 1 unspecified atom stereocenters. The fraction of sp³-hybridized carbons (Fsp3) is 0.867. The Kier molecular flexibility index (Phi) is 4.68. The average molecular weight is 282 g/mol. The normalized spacial score (nSPS) is 29.8. The Morgan fingerprint density at radius 1 is 1.45 bits per heavy atom. The van der Waals surface area contributed by atoms with Crippen molar-refractivity contribution in [3.8, 4) is 0 Å². The SMILES string of the molecule is CC(C)CN1CC(C(=O)N(C)CC2CC(O)C2)CC1=O. The van der Waals surface area contributed by atoms with Crippen LogP contribution in [-0.4, -0.2) is 59.5 Å². The quantitative estimate of drug-likeness (QED) is 0.808. The third-order valence-corrected chi connectivity index (χ3v) is 4.27. The molecule has 0 aromatic rings. The molecule has 5 nitrogen and oxygen atoms in total. The fourth-order valence-electron chi connectivity index (χ4n) is 3.19. The van der Waals surface area contributed by atoms with E-state index in [-0.39, 0.29) is 23.8 Å². The van der Waals surface area contributed by atoms with Gasteiger partial charge in [-0.2, -0.15) is 0 Å². The molecule has 1 aliphatic carbocycles. The van der Waals surface area contributed by atoms with Crippen LogP contribution in [0.25, 0.3) is 0 Å². The molecule has 114 valence electrons. The van der Waals surface area contributed by atoms with Crippen molar-refractivity contribution >= 4 is 11.8 Å². The monoisotopic (exact) mass is 282 g/mol. The van der Waals surface area contributed by atoms with E-state index in [1.54, 1.807) is 4.90 Å². The predicted molar refractivity (Wildman–Crippen MR) is 75.9 cm³/mol. The highest BCUT2D eigenvalue weighted by Gasteiger charge is 2.37. The number of rotatable bonds is 5. The third kappa shape index (κ3) is 3.51. The average Bonchev–Trinajstić information content (AvgIpc) is 2.67. The molecule has 20 heavy (non-hydrogen) atoms. The van der Waals surface area contributed by atoms with Crippen LogP contribution >= 0.6 is 0 Å². The predicted octanol–water partition coefficient (Wildman–Crippen LogP) is 0.720. The molecule has 0 aromatic heterocycles. The van der Waals surface area contributed by atoms with Crippen molar-refractivity contribution in [1.82, 2.24) is 9.80 Å². The summed E-state index contributed by atoms with van der Waals surface area (Å²) in [5.41, 5.74) is 0. The Bertz CT molecular complexity index is 377. The van der Waals surface area contributed by atoms with E-state index in [1.807, 2.05) is 11.9 Å². The Labute approximate surface area is 120 Å². The van der Waals surface area contributed by atoms with Crippen LogP contribution in [0.15, 0.2) is 0 Å². The fourth-order valence-corrected chi connectivity index (χ4v) is 3.19. The summed E-state index contributed by atoms with van der Waals surface area (Å²) in [4.78, 5) is 27.8. The molecule has 0 aromatic carbocycles. The van der Waals surface area contributed by atoms with Crippen LogP contribution in [0.1, 0.15) is 33.1 Å². The molecular formula is C15H26N2O3. The molecule has 1 N–H and O–H groups in total. The van der Waals surface area contributed by atoms with Gasteiger partial charge in [-0.1, -0.05) is 13.8 Å². The van der Waals surface area contributed by atoms with Crippen LogP contribution in [0.3, 0.4) is 0 Å². The molecule has 0 spiro atoms. The maximum Gasteiger partial charge on any atom is 0.227 e. The summed E-state index contributed by atoms with van der Waals surface area (Å²) in [5, 5.41) is 9.28. The lowest BCUT2D eigenvalue weighted by Crippen LogP contribution is -2.42. The van der Waals surface area contributed by atoms with Crippen molar-refractivity contribution in [1.29, 1.82) is 0 Å². The van der Waals surface area contributed by atoms with Crippen molar-refractivity contribution in [2.24, 2.45) is 17.8 Å². The minimum absolute atomic E-state index is 0.0750. The number of hydrogen-bond acceptors (Lipinski definition) is 3. The Morgan fingerprint density at radius 3 is 2.65 bits per heavy atom. The topological polar surface area (TPSA) is 60.9 Å². The van der Waals surface area contributed by atoms with Crippen molar-refractivity contribution < 1.29 is 14.7 Å². The highest BCUT2D eigenvalue weighted by atomic mass is 16.3. The number of carbonyl (C=O) groups is 2. The summed E-state index contributed by atoms with van der Waals surface area (Å²) in [6.07, 6.45) is 1.75. The lowest BCUT2D eigenvalue weighted by atomic mass is 9.82. The number of aliphatic hydroxyl groups is 1. The minimum Gasteiger partial charge on any atom is -0.393 e. The van der Waals surface area contributed by atoms with Crippen LogP contribution in [0.2, 0.25) is 0 Å². The van der Waals surface area contributed by atoms with Crippen molar-refractivity contribution in [3.05, 3.63) is 0 Å². The van der Waals surface area contributed by atoms with E-state index in [4.69, 9.17) is 0 Å². The lowest BCUT2D eigenvalue weighted by Gasteiger charge is -2.35. The van der Waals surface area contributed by atoms with E-state index >= 15 is 0 Å². The second kappa shape index (κ2) is 6.12. The van der Waals surface area contributed by atoms with Crippen LogP contribution in [0.5, 0.6) is 0 Å². The van der Waals surface area contributed by atoms with Gasteiger partial charge in [0.15, 0.2) is 0 Å². The molecule has 1 heterocycles. The zero-order valence-electron chi connectivity index (χ0n) is 12.7. The van der Waals surface area contributed by atoms with Crippen LogP contribution in [0.4, 0.5) is 0 Å². The van der Waals surface area contributed by atoms with Gasteiger partial charge in [-0.15, -0.1) is 0 Å². The van der Waals surface area contributed by atoms with Crippen molar-refractivity contribution in [3.63, 3.8) is 0 Å². The molecule has 2 amide bonds. The van der Waals surface area contributed by atoms with Gasteiger partial charge in [0, 0.05) is 33.1 Å². The highest BCUT2D eigenvalue weighted by molar-refractivity contribution is 5.89. The lowest BCUT2D eigenvalue weighted by molar-refractivity contribution is -0.136. The van der Waals surface area contributed by atoms with E-state index in [0.717, 1.165) is 19.4 Å². The number of carbonyl (C=O) groups excluding carboxylic acids is 2. The van der Waals surface area contributed by atoms with Gasteiger partial charge >= 0.3 is 0 Å². The van der Waals surface area contributed by atoms with Crippen molar-refractivity contribution in [2.75, 3.05) is 26.7 Å². The van der Waals surface area contributed by atoms with Gasteiger partial charge in [0.05, 0.1) is 12.0 Å². The Morgan fingerprint density at radius 2 is 2.10 bits per heavy atom. The van der Waals surface area contributed by atoms with Gasteiger partial charge in [0.2, 0.25) is 11.8 Å². The van der Waals surface area contributed by atoms with Gasteiger partial charge in [0.1, 0.15) is 0 Å². The number of likely N-dealkylation sites (tertiary alicyclic amines) is 1. The molecule has 1 saturated carbocycles. The summed E-state index contributed by atoms with van der Waals surface area (Å²) < 4.78 is 0. The molecule has 5 heteroatoms. The first-order chi connectivity index (χ1) is 9.36. The van der Waals surface area contributed by atoms with E-state index in [1.165, 1.54) is 0 Å². The van der Waals surface area contributed by atoms with Gasteiger partial charge in [-0.25, -0.2) is 0 Å². The van der Waals surface area contributed by atoms with Gasteiger partial charge < -0.3 is 14.9 Å². The molecule has 0 radical (unpaired) electrons. The van der Waals surface area contributed by atoms with E-state index in [2.05, 4.69) is 13.8 Å². The van der Waals surface area contributed by atoms with E-state index < -0.39 is 0 Å². The first-order valence-electron chi connectivity index (χ1n) is 7.57. The minimum atomic E-state index is -0.184. The standard InChI is InChI=1S/C15H26N2O3/c1-10(2)7-17-9-12(6-14(17)19)15(20)16(3)8-11-4-13(18)5-11/h10-13,18H,4-9H2,1-3H3. The molecule has 2 fully saturated rings. The van der Waals surface area contributed by atoms with E-state index in [0.29, 0.717) is 31.3 Å². The number of aliphatic hydroxyl groups excluding tert-OH is 1. The van der Waals surface area contributed by atoms with Crippen LogP contribution in [0, 0.1) is 17.8 Å². The highest BCUT2D eigenvalue weighted by Crippen LogP contribution is 2.28. The van der Waals surface area contributed by atoms with Crippen LogP contribution in [-0.2, 0) is 9.59 Å². The van der Waals surface area contributed by atoms with Gasteiger partial charge in [-0.3, -0.25) is 9.59 Å². The number of amides is 2. The molecule has 1 atom stereocenters. The molecule has 1 saturated heterocycles. The molecule has 2 aliphatic rings. The van der Waals surface area contributed by atoms with Crippen LogP contribution < -0.4 is 0 Å². The zero-order valence-corrected chi connectivity index (χ0v) is 12.7. The molecule has 1 aliphatic heterocycles. The van der Waals surface area contributed by atoms with Gasteiger partial charge in [0.25, 0.3) is 0 Å². The summed E-state index contributed by atoms with van der Waals surface area (Å²) >= 11 is 0. The smallest absolute Gasteiger partial charge is 0.227 e. The second-order valence-corrected chi connectivity index (χ2v) is 6.80. The van der Waals surface area contributed by atoms with Crippen molar-refractivity contribution in [2.45, 2.75) is 39.2 Å². The summed E-state index contributed by atoms with van der Waals surface area (Å²) in [5.74, 6) is 0.844.